The van der Waals surface area contributed by atoms with Gasteiger partial charge in [-0.2, -0.15) is 5.01 Å². The summed E-state index contributed by atoms with van der Waals surface area (Å²) in [5.41, 5.74) is 3.83. The lowest BCUT2D eigenvalue weighted by atomic mass is 10.2. The van der Waals surface area contributed by atoms with Gasteiger partial charge < -0.3 is 9.47 Å². The number of carbonyl (C=O) groups is 1. The van der Waals surface area contributed by atoms with Crippen LogP contribution in [0.15, 0.2) is 59.5 Å². The molecular weight excluding hydrogens is 555 g/mol. The first-order valence-corrected chi connectivity index (χ1v) is 12.2. The third-order valence-corrected chi connectivity index (χ3v) is 7.00. The predicted octanol–water partition coefficient (Wildman–Crippen LogP) is 5.83. The van der Waals surface area contributed by atoms with Gasteiger partial charge in [0.1, 0.15) is 6.61 Å². The molecule has 0 radical (unpaired) electrons. The van der Waals surface area contributed by atoms with Gasteiger partial charge in [0.15, 0.2) is 15.8 Å². The lowest BCUT2D eigenvalue weighted by Gasteiger charge is -2.20. The standard InChI is InChI=1S/C24H21IN2O3S2/c1-15-4-5-16(2)26(15)27-23(28)22(32-24(27)31)13-18-8-11-20(21(12-18)29-3)30-14-17-6-9-19(25)10-7-17/h4-13H,14H2,1-3H3/b22-13-. The molecule has 1 aliphatic rings. The number of thioether (sulfide) groups is 1. The fourth-order valence-corrected chi connectivity index (χ4v) is 5.00. The Hall–Kier alpha value is -2.30. The van der Waals surface area contributed by atoms with Gasteiger partial charge >= 0.3 is 0 Å². The molecule has 2 heterocycles. The minimum absolute atomic E-state index is 0.139. The topological polar surface area (TPSA) is 43.7 Å². The van der Waals surface area contributed by atoms with Gasteiger partial charge in [-0.25, -0.2) is 0 Å². The highest BCUT2D eigenvalue weighted by molar-refractivity contribution is 14.1. The Kier molecular flexibility index (Phi) is 6.92. The molecule has 1 amide bonds. The van der Waals surface area contributed by atoms with Crippen molar-refractivity contribution >= 4 is 62.9 Å². The van der Waals surface area contributed by atoms with Gasteiger partial charge in [-0.15, -0.1) is 0 Å². The minimum atomic E-state index is -0.139. The van der Waals surface area contributed by atoms with Crippen molar-refractivity contribution in [2.75, 3.05) is 12.1 Å². The van der Waals surface area contributed by atoms with Gasteiger partial charge in [0.25, 0.3) is 5.91 Å². The molecule has 1 saturated heterocycles. The predicted molar refractivity (Wildman–Crippen MR) is 142 cm³/mol. The van der Waals surface area contributed by atoms with Crippen LogP contribution in [0.4, 0.5) is 0 Å². The second-order valence-corrected chi connectivity index (χ2v) is 10.2. The van der Waals surface area contributed by atoms with Gasteiger partial charge in [0.05, 0.1) is 12.0 Å². The van der Waals surface area contributed by atoms with Crippen LogP contribution in [0.25, 0.3) is 6.08 Å². The molecule has 0 bridgehead atoms. The number of nitrogens with zero attached hydrogens (tertiary/aromatic N) is 2. The van der Waals surface area contributed by atoms with Crippen LogP contribution in [0.5, 0.6) is 11.5 Å². The van der Waals surface area contributed by atoms with Crippen molar-refractivity contribution in [1.82, 2.24) is 4.68 Å². The number of aryl methyl sites for hydroxylation is 2. The zero-order valence-corrected chi connectivity index (χ0v) is 21.6. The first-order valence-electron chi connectivity index (χ1n) is 9.86. The summed E-state index contributed by atoms with van der Waals surface area (Å²) in [5, 5.41) is 1.55. The Morgan fingerprint density at radius 1 is 1.03 bits per heavy atom. The highest BCUT2D eigenvalue weighted by Crippen LogP contribution is 2.35. The van der Waals surface area contributed by atoms with Crippen molar-refractivity contribution in [1.29, 1.82) is 0 Å². The van der Waals surface area contributed by atoms with Crippen molar-refractivity contribution in [3.05, 3.63) is 85.6 Å². The molecule has 1 aliphatic heterocycles. The molecule has 3 aromatic rings. The maximum Gasteiger partial charge on any atom is 0.285 e. The number of aromatic nitrogens is 1. The smallest absolute Gasteiger partial charge is 0.285 e. The van der Waals surface area contributed by atoms with Crippen LogP contribution in [0.1, 0.15) is 22.5 Å². The molecular formula is C24H21IN2O3S2. The van der Waals surface area contributed by atoms with Gasteiger partial charge in [-0.3, -0.25) is 9.47 Å². The third-order valence-electron chi connectivity index (χ3n) is 5.00. The van der Waals surface area contributed by atoms with Crippen LogP contribution < -0.4 is 14.5 Å². The van der Waals surface area contributed by atoms with E-state index in [1.165, 1.54) is 15.3 Å². The molecule has 0 aliphatic carbocycles. The van der Waals surface area contributed by atoms with E-state index in [4.69, 9.17) is 21.7 Å². The van der Waals surface area contributed by atoms with Crippen LogP contribution in [-0.2, 0) is 11.4 Å². The second kappa shape index (κ2) is 9.68. The summed E-state index contributed by atoms with van der Waals surface area (Å²) in [7, 11) is 1.61. The maximum absolute atomic E-state index is 13.1. The molecule has 0 atom stereocenters. The summed E-state index contributed by atoms with van der Waals surface area (Å²) in [6, 6.07) is 17.7. The van der Waals surface area contributed by atoms with Crippen molar-refractivity contribution in [2.45, 2.75) is 20.5 Å². The number of halogens is 1. The first-order chi connectivity index (χ1) is 15.4. The fourth-order valence-electron chi connectivity index (χ4n) is 3.39. The fraction of sp³-hybridized carbons (Fsp3) is 0.167. The van der Waals surface area contributed by atoms with Crippen LogP contribution in [0.2, 0.25) is 0 Å². The summed E-state index contributed by atoms with van der Waals surface area (Å²) >= 11 is 9.07. The zero-order valence-electron chi connectivity index (χ0n) is 17.8. The first kappa shape index (κ1) is 22.9. The van der Waals surface area contributed by atoms with E-state index in [0.717, 1.165) is 22.5 Å². The zero-order chi connectivity index (χ0) is 22.8. The van der Waals surface area contributed by atoms with Crippen LogP contribution in [0, 0.1) is 17.4 Å². The van der Waals surface area contributed by atoms with E-state index in [-0.39, 0.29) is 5.91 Å². The highest BCUT2D eigenvalue weighted by atomic mass is 127. The monoisotopic (exact) mass is 576 g/mol. The third kappa shape index (κ3) is 4.72. The van der Waals surface area contributed by atoms with Crippen molar-refractivity contribution in [3.8, 4) is 11.5 Å². The molecule has 0 N–H and O–H groups in total. The number of amides is 1. The molecule has 5 nitrogen and oxygen atoms in total. The lowest BCUT2D eigenvalue weighted by Crippen LogP contribution is -2.39. The second-order valence-electron chi connectivity index (χ2n) is 7.25. The van der Waals surface area contributed by atoms with Crippen molar-refractivity contribution in [2.24, 2.45) is 0 Å². The molecule has 2 aromatic carbocycles. The molecule has 0 unspecified atom stereocenters. The Morgan fingerprint density at radius 2 is 1.72 bits per heavy atom. The summed E-state index contributed by atoms with van der Waals surface area (Å²) < 4.78 is 15.0. The molecule has 1 aromatic heterocycles. The van der Waals surface area contributed by atoms with E-state index in [2.05, 4.69) is 22.6 Å². The van der Waals surface area contributed by atoms with Gasteiger partial charge in [-0.1, -0.05) is 30.0 Å². The minimum Gasteiger partial charge on any atom is -0.493 e. The van der Waals surface area contributed by atoms with E-state index >= 15 is 0 Å². The molecule has 0 spiro atoms. The number of benzene rings is 2. The Bertz CT molecular complexity index is 1200. The summed E-state index contributed by atoms with van der Waals surface area (Å²) in [4.78, 5) is 13.7. The van der Waals surface area contributed by atoms with Crippen molar-refractivity contribution < 1.29 is 14.3 Å². The van der Waals surface area contributed by atoms with Crippen LogP contribution in [-0.4, -0.2) is 22.0 Å². The number of methoxy groups -OCH3 is 1. The van der Waals surface area contributed by atoms with Crippen LogP contribution >= 0.6 is 46.6 Å². The summed E-state index contributed by atoms with van der Waals surface area (Å²) in [5.74, 6) is 1.12. The molecule has 8 heteroatoms. The maximum atomic E-state index is 13.1. The van der Waals surface area contributed by atoms with E-state index in [9.17, 15) is 4.79 Å². The number of rotatable bonds is 6. The van der Waals surface area contributed by atoms with Gasteiger partial charge in [-0.05, 0) is 102 Å². The number of thiocarbonyl (C=S) groups is 1. The van der Waals surface area contributed by atoms with Gasteiger partial charge in [0, 0.05) is 15.0 Å². The Balaban J connectivity index is 1.54. The molecule has 4 rings (SSSR count). The van der Waals surface area contributed by atoms with Crippen LogP contribution in [0.3, 0.4) is 0 Å². The molecule has 0 saturated carbocycles. The quantitative estimate of drug-likeness (QED) is 0.210. The van der Waals surface area contributed by atoms with E-state index in [1.807, 2.05) is 79.2 Å². The molecule has 164 valence electrons. The average molecular weight is 576 g/mol. The summed E-state index contributed by atoms with van der Waals surface area (Å²) in [6.07, 6.45) is 1.83. The summed E-state index contributed by atoms with van der Waals surface area (Å²) in [6.45, 7) is 4.35. The molecule has 32 heavy (non-hydrogen) atoms. The van der Waals surface area contributed by atoms with E-state index in [1.54, 1.807) is 12.1 Å². The SMILES string of the molecule is COc1cc(/C=C2\SC(=S)N(n3c(C)ccc3C)C2=O)ccc1OCc1ccc(I)cc1. The van der Waals surface area contributed by atoms with Gasteiger partial charge in [0.2, 0.25) is 0 Å². The van der Waals surface area contributed by atoms with Crippen molar-refractivity contribution in [3.63, 3.8) is 0 Å². The lowest BCUT2D eigenvalue weighted by molar-refractivity contribution is -0.114. The number of carbonyl (C=O) groups excluding carboxylic acids is 1. The number of hydrogen-bond acceptors (Lipinski definition) is 5. The highest BCUT2D eigenvalue weighted by Gasteiger charge is 2.34. The normalized spacial score (nSPS) is 15.0. The average Bonchev–Trinajstić information content (AvgIpc) is 3.24. The molecule has 1 fully saturated rings. The Labute approximate surface area is 210 Å². The number of ether oxygens (including phenoxy) is 2. The van der Waals surface area contributed by atoms with E-state index < -0.39 is 0 Å². The Morgan fingerprint density at radius 3 is 2.38 bits per heavy atom. The largest absolute Gasteiger partial charge is 0.493 e. The number of hydrogen-bond donors (Lipinski definition) is 0. The van der Waals surface area contributed by atoms with E-state index in [0.29, 0.717) is 27.3 Å².